The zero-order valence-electron chi connectivity index (χ0n) is 43.2. The fourth-order valence-corrected chi connectivity index (χ4v) is 11.1. The van der Waals surface area contributed by atoms with Crippen molar-refractivity contribution < 1.29 is 0 Å². The second-order valence-electron chi connectivity index (χ2n) is 20.0. The normalized spacial score (nSPS) is 11.3. The first kappa shape index (κ1) is 46.9. The van der Waals surface area contributed by atoms with E-state index >= 15 is 0 Å². The van der Waals surface area contributed by atoms with E-state index in [0.717, 1.165) is 61.3 Å². The second-order valence-corrected chi connectivity index (χ2v) is 20.0. The number of benzene rings is 12. The van der Waals surface area contributed by atoms with Crippen molar-refractivity contribution in [1.29, 1.82) is 0 Å². The predicted molar refractivity (Wildman–Crippen MR) is 329 cm³/mol. The first-order valence-electron chi connectivity index (χ1n) is 26.8. The SMILES string of the molecule is c1ccc(-c2cccc(-c3cccc(-c4ccc(-c5cccc(-c6nc(-c7cccc(-c8cccc(-c9ccccc9)c8)c7)nc(-c7cccc(-c8cccc(-n9c%10ccccc%10c%10ccccc%109)c8)c7)n6)c5)cc4)c3)c2)cc1. The summed E-state index contributed by atoms with van der Waals surface area (Å²) in [6, 6.07) is 108. The smallest absolute Gasteiger partial charge is 0.164 e. The summed E-state index contributed by atoms with van der Waals surface area (Å²) in [5.41, 5.74) is 22.2. The number of hydrogen-bond donors (Lipinski definition) is 0. The third-order valence-electron chi connectivity index (χ3n) is 15.0. The Kier molecular flexibility index (Phi) is 12.2. The monoisotopic (exact) mass is 1010 g/mol. The average Bonchev–Trinajstić information content (AvgIpc) is 4.03. The van der Waals surface area contributed by atoms with Gasteiger partial charge in [-0.25, -0.2) is 15.0 Å². The van der Waals surface area contributed by atoms with Gasteiger partial charge in [0.1, 0.15) is 0 Å². The van der Waals surface area contributed by atoms with Crippen LogP contribution in [0.25, 0.3) is 140 Å². The number of para-hydroxylation sites is 2. The van der Waals surface area contributed by atoms with E-state index in [9.17, 15) is 0 Å². The van der Waals surface area contributed by atoms with Gasteiger partial charge in [0.15, 0.2) is 17.5 Å². The fourth-order valence-electron chi connectivity index (χ4n) is 11.1. The first-order valence-corrected chi connectivity index (χ1v) is 26.8. The molecule has 0 N–H and O–H groups in total. The van der Waals surface area contributed by atoms with Gasteiger partial charge in [-0.2, -0.15) is 0 Å². The molecule has 0 saturated carbocycles. The summed E-state index contributed by atoms with van der Waals surface area (Å²) in [5, 5.41) is 2.47. The van der Waals surface area contributed by atoms with Crippen molar-refractivity contribution in [2.24, 2.45) is 0 Å². The minimum atomic E-state index is 0.598. The van der Waals surface area contributed by atoms with Crippen LogP contribution in [0.2, 0.25) is 0 Å². The molecule has 0 amide bonds. The third-order valence-corrected chi connectivity index (χ3v) is 15.0. The molecule has 0 aliphatic carbocycles. The van der Waals surface area contributed by atoms with Crippen LogP contribution in [0.5, 0.6) is 0 Å². The van der Waals surface area contributed by atoms with E-state index in [2.05, 4.69) is 308 Å². The van der Waals surface area contributed by atoms with Crippen LogP contribution in [0.15, 0.2) is 303 Å². The molecular weight excluding hydrogens is 957 g/mol. The summed E-state index contributed by atoms with van der Waals surface area (Å²) in [7, 11) is 0. The Balaban J connectivity index is 0.824. The van der Waals surface area contributed by atoms with E-state index < -0.39 is 0 Å². The molecule has 0 fully saturated rings. The van der Waals surface area contributed by atoms with E-state index in [4.69, 9.17) is 15.0 Å². The molecule has 79 heavy (non-hydrogen) atoms. The summed E-state index contributed by atoms with van der Waals surface area (Å²) < 4.78 is 2.36. The molecule has 0 aliphatic heterocycles. The van der Waals surface area contributed by atoms with Gasteiger partial charge in [-0.3, -0.25) is 0 Å². The zero-order valence-corrected chi connectivity index (χ0v) is 43.2. The third kappa shape index (κ3) is 9.39. The highest BCUT2D eigenvalue weighted by molar-refractivity contribution is 6.09. The maximum Gasteiger partial charge on any atom is 0.164 e. The quantitative estimate of drug-likeness (QED) is 0.130. The lowest BCUT2D eigenvalue weighted by Crippen LogP contribution is -2.00. The van der Waals surface area contributed by atoms with Crippen LogP contribution in [0, 0.1) is 0 Å². The zero-order chi connectivity index (χ0) is 52.5. The van der Waals surface area contributed by atoms with E-state index in [1.807, 2.05) is 0 Å². The van der Waals surface area contributed by atoms with E-state index in [1.165, 1.54) is 60.8 Å². The highest BCUT2D eigenvalue weighted by Crippen LogP contribution is 2.37. The van der Waals surface area contributed by atoms with E-state index in [1.54, 1.807) is 0 Å². The van der Waals surface area contributed by atoms with Crippen molar-refractivity contribution in [1.82, 2.24) is 19.5 Å². The lowest BCUT2D eigenvalue weighted by molar-refractivity contribution is 1.07. The molecule has 370 valence electrons. The Hall–Kier alpha value is -10.6. The van der Waals surface area contributed by atoms with E-state index in [0.29, 0.717) is 17.5 Å². The van der Waals surface area contributed by atoms with Gasteiger partial charge >= 0.3 is 0 Å². The molecule has 2 aromatic heterocycles. The van der Waals surface area contributed by atoms with Gasteiger partial charge < -0.3 is 4.57 Å². The molecule has 0 bridgehead atoms. The van der Waals surface area contributed by atoms with Crippen molar-refractivity contribution in [2.75, 3.05) is 0 Å². The summed E-state index contributed by atoms with van der Waals surface area (Å²) in [6.07, 6.45) is 0. The van der Waals surface area contributed by atoms with Gasteiger partial charge in [-0.1, -0.05) is 243 Å². The maximum absolute atomic E-state index is 5.30. The number of nitrogens with zero attached hydrogens (tertiary/aromatic N) is 4. The molecule has 4 heteroatoms. The standard InChI is InChI=1S/C75H50N4/c1-3-18-51(19-4-1)55-22-11-26-59(44-55)60-27-13-24-57(46-60)53-40-42-54(43-41-53)58-25-14-32-65(47-58)73-76-74(66-33-15-29-62(48-66)61-28-12-23-56(45-61)52-20-5-2-6-21-52)78-75(77-73)67-34-16-30-63(49-67)64-31-17-35-68(50-64)79-71-38-9-7-36-69(71)70-37-8-10-39-72(70)79/h1-50H. The molecule has 0 spiro atoms. The highest BCUT2D eigenvalue weighted by atomic mass is 15.0. The van der Waals surface area contributed by atoms with Crippen molar-refractivity contribution in [3.8, 4) is 118 Å². The van der Waals surface area contributed by atoms with Crippen LogP contribution < -0.4 is 0 Å². The van der Waals surface area contributed by atoms with Gasteiger partial charge in [0, 0.05) is 33.2 Å². The molecule has 0 atom stereocenters. The Bertz CT molecular complexity index is 4480. The van der Waals surface area contributed by atoms with Crippen LogP contribution in [-0.4, -0.2) is 19.5 Å². The number of hydrogen-bond acceptors (Lipinski definition) is 3. The molecule has 14 aromatic rings. The molecule has 4 nitrogen and oxygen atoms in total. The lowest BCUT2D eigenvalue weighted by Gasteiger charge is -2.13. The molecule has 0 aliphatic rings. The van der Waals surface area contributed by atoms with E-state index in [-0.39, 0.29) is 0 Å². The van der Waals surface area contributed by atoms with Gasteiger partial charge in [0.05, 0.1) is 11.0 Å². The second kappa shape index (κ2) is 20.5. The molecule has 0 radical (unpaired) electrons. The van der Waals surface area contributed by atoms with Crippen molar-refractivity contribution in [3.63, 3.8) is 0 Å². The molecule has 14 rings (SSSR count). The minimum Gasteiger partial charge on any atom is -0.309 e. The van der Waals surface area contributed by atoms with Gasteiger partial charge in [-0.15, -0.1) is 0 Å². The summed E-state index contributed by atoms with van der Waals surface area (Å²) in [4.78, 5) is 15.9. The number of rotatable bonds is 11. The molecular formula is C75H50N4. The largest absolute Gasteiger partial charge is 0.309 e. The van der Waals surface area contributed by atoms with Crippen LogP contribution in [0.1, 0.15) is 0 Å². The summed E-state index contributed by atoms with van der Waals surface area (Å²) in [6.45, 7) is 0. The minimum absolute atomic E-state index is 0.598. The molecule has 2 heterocycles. The highest BCUT2D eigenvalue weighted by Gasteiger charge is 2.17. The van der Waals surface area contributed by atoms with Gasteiger partial charge in [0.25, 0.3) is 0 Å². The molecule has 0 saturated heterocycles. The topological polar surface area (TPSA) is 43.6 Å². The van der Waals surface area contributed by atoms with Crippen LogP contribution >= 0.6 is 0 Å². The van der Waals surface area contributed by atoms with Crippen molar-refractivity contribution in [3.05, 3.63) is 303 Å². The Morgan fingerprint density at radius 2 is 0.418 bits per heavy atom. The van der Waals surface area contributed by atoms with Crippen LogP contribution in [0.3, 0.4) is 0 Å². The molecule has 12 aromatic carbocycles. The summed E-state index contributed by atoms with van der Waals surface area (Å²) in [5.74, 6) is 1.80. The fraction of sp³-hybridized carbons (Fsp3) is 0. The Morgan fingerprint density at radius 1 is 0.177 bits per heavy atom. The van der Waals surface area contributed by atoms with Crippen molar-refractivity contribution in [2.45, 2.75) is 0 Å². The molecule has 0 unspecified atom stereocenters. The van der Waals surface area contributed by atoms with Crippen LogP contribution in [-0.2, 0) is 0 Å². The van der Waals surface area contributed by atoms with Crippen molar-refractivity contribution >= 4 is 21.8 Å². The van der Waals surface area contributed by atoms with Gasteiger partial charge in [0.2, 0.25) is 0 Å². The van der Waals surface area contributed by atoms with Crippen LogP contribution in [0.4, 0.5) is 0 Å². The summed E-state index contributed by atoms with van der Waals surface area (Å²) >= 11 is 0. The predicted octanol–water partition coefficient (Wildman–Crippen LogP) is 19.6. The lowest BCUT2D eigenvalue weighted by atomic mass is 9.95. The number of aromatic nitrogens is 4. The maximum atomic E-state index is 5.30. The Labute approximate surface area is 460 Å². The number of fused-ring (bicyclic) bond motifs is 3. The Morgan fingerprint density at radius 3 is 0.772 bits per heavy atom. The average molecular weight is 1010 g/mol. The van der Waals surface area contributed by atoms with Gasteiger partial charge in [-0.05, 0) is 139 Å². The first-order chi connectivity index (χ1) is 39.1.